The van der Waals surface area contributed by atoms with Gasteiger partial charge in [0.2, 0.25) is 0 Å². The molecule has 1 aromatic rings. The Balaban J connectivity index is 2.15. The van der Waals surface area contributed by atoms with E-state index < -0.39 is 17.0 Å². The molecule has 8 heteroatoms. The van der Waals surface area contributed by atoms with Crippen LogP contribution in [0.4, 0.5) is 5.69 Å². The van der Waals surface area contributed by atoms with E-state index in [1.807, 2.05) is 0 Å². The fourth-order valence-corrected chi connectivity index (χ4v) is 2.29. The summed E-state index contributed by atoms with van der Waals surface area (Å²) in [6, 6.07) is 4.35. The van der Waals surface area contributed by atoms with Crippen LogP contribution in [-0.2, 0) is 16.1 Å². The number of ether oxygens (including phenoxy) is 1. The van der Waals surface area contributed by atoms with Gasteiger partial charge in [0, 0.05) is 36.3 Å². The predicted molar refractivity (Wildman–Crippen MR) is 70.8 cm³/mol. The van der Waals surface area contributed by atoms with E-state index in [0.717, 1.165) is 0 Å². The second kappa shape index (κ2) is 6.17. The van der Waals surface area contributed by atoms with E-state index in [2.05, 4.69) is 0 Å². The average Bonchev–Trinajstić information content (AvgIpc) is 2.38. The Hall–Kier alpha value is -1.70. The van der Waals surface area contributed by atoms with Crippen LogP contribution in [0.3, 0.4) is 0 Å². The molecule has 1 unspecified atom stereocenters. The lowest BCUT2D eigenvalue weighted by atomic mass is 10.1. The summed E-state index contributed by atoms with van der Waals surface area (Å²) in [5.41, 5.74) is 0.446. The Morgan fingerprint density at radius 2 is 2.35 bits per heavy atom. The van der Waals surface area contributed by atoms with Crippen molar-refractivity contribution in [2.24, 2.45) is 0 Å². The molecule has 0 amide bonds. The number of carbonyl (C=O) groups is 1. The predicted octanol–water partition coefficient (Wildman–Crippen LogP) is 1.53. The third kappa shape index (κ3) is 3.44. The van der Waals surface area contributed by atoms with Crippen LogP contribution in [0, 0.1) is 10.1 Å². The number of aliphatic carboxylic acids is 1. The number of nitro groups is 1. The summed E-state index contributed by atoms with van der Waals surface area (Å²) in [7, 11) is 0. The summed E-state index contributed by atoms with van der Waals surface area (Å²) in [6.45, 7) is 1.27. The van der Waals surface area contributed by atoms with Crippen molar-refractivity contribution >= 4 is 23.3 Å². The van der Waals surface area contributed by atoms with Crippen LogP contribution in [0.1, 0.15) is 5.56 Å². The first-order valence-electron chi connectivity index (χ1n) is 5.97. The highest BCUT2D eigenvalue weighted by Crippen LogP contribution is 2.24. The van der Waals surface area contributed by atoms with Gasteiger partial charge in [0.25, 0.3) is 5.69 Å². The minimum absolute atomic E-state index is 0.0206. The molecule has 0 spiro atoms. The molecule has 0 radical (unpaired) electrons. The highest BCUT2D eigenvalue weighted by atomic mass is 35.5. The first kappa shape index (κ1) is 14.7. The number of carboxylic acids is 1. The van der Waals surface area contributed by atoms with Gasteiger partial charge in [-0.15, -0.1) is 0 Å². The van der Waals surface area contributed by atoms with Crippen molar-refractivity contribution in [1.82, 2.24) is 4.90 Å². The van der Waals surface area contributed by atoms with E-state index in [-0.39, 0.29) is 25.4 Å². The topological polar surface area (TPSA) is 92.9 Å². The molecule has 0 saturated carbocycles. The highest BCUT2D eigenvalue weighted by molar-refractivity contribution is 6.30. The monoisotopic (exact) mass is 300 g/mol. The van der Waals surface area contributed by atoms with Gasteiger partial charge in [-0.2, -0.15) is 0 Å². The lowest BCUT2D eigenvalue weighted by Gasteiger charge is -2.30. The zero-order chi connectivity index (χ0) is 14.7. The van der Waals surface area contributed by atoms with E-state index in [1.54, 1.807) is 4.90 Å². The minimum Gasteiger partial charge on any atom is -0.479 e. The molecule has 108 valence electrons. The molecule has 1 saturated heterocycles. The molecule has 2 rings (SSSR count). The highest BCUT2D eigenvalue weighted by Gasteiger charge is 2.27. The number of rotatable bonds is 4. The van der Waals surface area contributed by atoms with Crippen molar-refractivity contribution < 1.29 is 19.6 Å². The standard InChI is InChI=1S/C12H13ClN2O5/c13-9-1-2-10(15(18)19)8(5-9)6-14-3-4-20-11(7-14)12(16)17/h1-2,5,11H,3-4,6-7H2,(H,16,17). The third-order valence-electron chi connectivity index (χ3n) is 3.06. The van der Waals surface area contributed by atoms with Crippen molar-refractivity contribution in [2.45, 2.75) is 12.6 Å². The summed E-state index contributed by atoms with van der Waals surface area (Å²) in [5, 5.41) is 20.3. The molecular formula is C12H13ClN2O5. The van der Waals surface area contributed by atoms with Gasteiger partial charge in [-0.05, 0) is 12.1 Å². The minimum atomic E-state index is -1.03. The first-order chi connectivity index (χ1) is 9.47. The van der Waals surface area contributed by atoms with Gasteiger partial charge in [-0.3, -0.25) is 15.0 Å². The Morgan fingerprint density at radius 3 is 3.00 bits per heavy atom. The number of nitrogens with zero attached hydrogens (tertiary/aromatic N) is 2. The van der Waals surface area contributed by atoms with E-state index in [4.69, 9.17) is 21.4 Å². The number of morpholine rings is 1. The quantitative estimate of drug-likeness (QED) is 0.669. The van der Waals surface area contributed by atoms with Gasteiger partial charge >= 0.3 is 5.97 Å². The number of benzene rings is 1. The number of halogens is 1. The maximum Gasteiger partial charge on any atom is 0.334 e. The largest absolute Gasteiger partial charge is 0.479 e. The second-order valence-electron chi connectivity index (χ2n) is 4.46. The number of carboxylic acid groups (broad SMARTS) is 1. The third-order valence-corrected chi connectivity index (χ3v) is 3.29. The van der Waals surface area contributed by atoms with Crippen LogP contribution < -0.4 is 0 Å². The lowest BCUT2D eigenvalue weighted by molar-refractivity contribution is -0.385. The first-order valence-corrected chi connectivity index (χ1v) is 6.35. The van der Waals surface area contributed by atoms with Gasteiger partial charge in [0.05, 0.1) is 11.5 Å². The van der Waals surface area contributed by atoms with Gasteiger partial charge in [-0.25, -0.2) is 4.79 Å². The van der Waals surface area contributed by atoms with Crippen LogP contribution in [0.5, 0.6) is 0 Å². The zero-order valence-electron chi connectivity index (χ0n) is 10.5. The van der Waals surface area contributed by atoms with Gasteiger partial charge in [0.1, 0.15) is 0 Å². The smallest absolute Gasteiger partial charge is 0.334 e. The molecule has 1 heterocycles. The molecule has 1 aromatic carbocycles. The second-order valence-corrected chi connectivity index (χ2v) is 4.90. The Labute approximate surface area is 119 Å². The summed E-state index contributed by atoms with van der Waals surface area (Å²) in [5.74, 6) is -1.03. The van der Waals surface area contributed by atoms with Crippen molar-refractivity contribution in [1.29, 1.82) is 0 Å². The van der Waals surface area contributed by atoms with Crippen LogP contribution in [0.25, 0.3) is 0 Å². The van der Waals surface area contributed by atoms with Crippen molar-refractivity contribution in [3.05, 3.63) is 38.9 Å². The van der Waals surface area contributed by atoms with Crippen LogP contribution in [-0.4, -0.2) is 46.7 Å². The molecule has 20 heavy (non-hydrogen) atoms. The fourth-order valence-electron chi connectivity index (χ4n) is 2.10. The average molecular weight is 301 g/mol. The SMILES string of the molecule is O=C(O)C1CN(Cc2cc(Cl)ccc2[N+](=O)[O-])CCO1. The lowest BCUT2D eigenvalue weighted by Crippen LogP contribution is -2.45. The molecule has 1 fully saturated rings. The number of hydrogen-bond acceptors (Lipinski definition) is 5. The summed E-state index contributed by atoms with van der Waals surface area (Å²) in [4.78, 5) is 23.2. The molecule has 0 bridgehead atoms. The molecule has 0 aliphatic carbocycles. The number of hydrogen-bond donors (Lipinski definition) is 1. The molecule has 1 atom stereocenters. The normalized spacial score (nSPS) is 19.8. The molecule has 1 N–H and O–H groups in total. The molecule has 1 aliphatic rings. The number of nitro benzene ring substituents is 1. The van der Waals surface area contributed by atoms with Gasteiger partial charge < -0.3 is 9.84 Å². The maximum atomic E-state index is 11.0. The van der Waals surface area contributed by atoms with Crippen molar-refractivity contribution in [3.63, 3.8) is 0 Å². The van der Waals surface area contributed by atoms with Crippen molar-refractivity contribution in [3.8, 4) is 0 Å². The summed E-state index contributed by atoms with van der Waals surface area (Å²) >= 11 is 5.86. The summed E-state index contributed by atoms with van der Waals surface area (Å²) in [6.07, 6.45) is -0.901. The van der Waals surface area contributed by atoms with E-state index in [9.17, 15) is 14.9 Å². The van der Waals surface area contributed by atoms with E-state index in [0.29, 0.717) is 17.1 Å². The van der Waals surface area contributed by atoms with E-state index >= 15 is 0 Å². The Bertz CT molecular complexity index is 537. The summed E-state index contributed by atoms with van der Waals surface area (Å²) < 4.78 is 5.11. The van der Waals surface area contributed by atoms with Crippen LogP contribution >= 0.6 is 11.6 Å². The van der Waals surface area contributed by atoms with Gasteiger partial charge in [0.15, 0.2) is 6.10 Å². The molecule has 0 aromatic heterocycles. The molecule has 1 aliphatic heterocycles. The van der Waals surface area contributed by atoms with Crippen molar-refractivity contribution in [2.75, 3.05) is 19.7 Å². The van der Waals surface area contributed by atoms with Crippen LogP contribution in [0.2, 0.25) is 5.02 Å². The van der Waals surface area contributed by atoms with Crippen LogP contribution in [0.15, 0.2) is 18.2 Å². The Morgan fingerprint density at radius 1 is 1.60 bits per heavy atom. The molecular weight excluding hydrogens is 288 g/mol. The molecule has 7 nitrogen and oxygen atoms in total. The fraction of sp³-hybridized carbons (Fsp3) is 0.417. The van der Waals surface area contributed by atoms with Gasteiger partial charge in [-0.1, -0.05) is 11.6 Å². The van der Waals surface area contributed by atoms with E-state index in [1.165, 1.54) is 18.2 Å². The zero-order valence-corrected chi connectivity index (χ0v) is 11.2. The maximum absolute atomic E-state index is 11.0. The Kier molecular flexibility index (Phi) is 4.53.